The van der Waals surface area contributed by atoms with E-state index in [1.165, 1.54) is 42.4 Å². The van der Waals surface area contributed by atoms with Gasteiger partial charge in [0.2, 0.25) is 0 Å². The van der Waals surface area contributed by atoms with Crippen molar-refractivity contribution >= 4 is 16.5 Å². The van der Waals surface area contributed by atoms with Crippen LogP contribution in [0.4, 0.5) is 5.13 Å². The number of nitrogens with zero attached hydrogens (tertiary/aromatic N) is 1. The lowest BCUT2D eigenvalue weighted by Crippen LogP contribution is -2.05. The SMILES string of the molecule is CNc1nc(-c2ccc3c(c2)CCCC3)c(C(C)N)s1. The average Bonchev–Trinajstić information content (AvgIpc) is 2.91. The predicted molar refractivity (Wildman–Crippen MR) is 86.3 cm³/mol. The Morgan fingerprint density at radius 1 is 1.25 bits per heavy atom. The summed E-state index contributed by atoms with van der Waals surface area (Å²) >= 11 is 1.65. The van der Waals surface area contributed by atoms with Crippen LogP contribution in [-0.4, -0.2) is 12.0 Å². The monoisotopic (exact) mass is 287 g/mol. The third-order valence-corrected chi connectivity index (χ3v) is 5.18. The quantitative estimate of drug-likeness (QED) is 0.904. The van der Waals surface area contributed by atoms with E-state index in [1.54, 1.807) is 11.3 Å². The normalized spacial score (nSPS) is 15.8. The Kier molecular flexibility index (Phi) is 3.76. The van der Waals surface area contributed by atoms with Crippen LogP contribution >= 0.6 is 11.3 Å². The zero-order valence-electron chi connectivity index (χ0n) is 12.1. The highest BCUT2D eigenvalue weighted by Gasteiger charge is 2.17. The number of rotatable bonds is 3. The van der Waals surface area contributed by atoms with Gasteiger partial charge < -0.3 is 11.1 Å². The van der Waals surface area contributed by atoms with Crippen LogP contribution < -0.4 is 11.1 Å². The van der Waals surface area contributed by atoms with E-state index in [0.717, 1.165) is 15.7 Å². The molecule has 1 aliphatic carbocycles. The van der Waals surface area contributed by atoms with Gasteiger partial charge in [-0.05, 0) is 49.8 Å². The van der Waals surface area contributed by atoms with Crippen LogP contribution in [0.5, 0.6) is 0 Å². The standard InChI is InChI=1S/C16H21N3S/c1-10(17)15-14(19-16(18-2)20-15)13-8-7-11-5-3-4-6-12(11)9-13/h7-10H,3-6,17H2,1-2H3,(H,18,19). The molecule has 0 spiro atoms. The maximum Gasteiger partial charge on any atom is 0.183 e. The van der Waals surface area contributed by atoms with Crippen LogP contribution in [0.15, 0.2) is 18.2 Å². The molecule has 4 heteroatoms. The number of aryl methyl sites for hydroxylation is 2. The second kappa shape index (κ2) is 5.54. The number of nitrogens with one attached hydrogen (secondary N) is 1. The van der Waals surface area contributed by atoms with Crippen LogP contribution in [0.1, 0.15) is 41.8 Å². The summed E-state index contributed by atoms with van der Waals surface area (Å²) in [5, 5.41) is 4.06. The lowest BCUT2D eigenvalue weighted by molar-refractivity contribution is 0.686. The molecule has 2 aromatic rings. The molecule has 1 aromatic carbocycles. The zero-order valence-corrected chi connectivity index (χ0v) is 12.9. The van der Waals surface area contributed by atoms with Gasteiger partial charge >= 0.3 is 0 Å². The van der Waals surface area contributed by atoms with Crippen molar-refractivity contribution in [1.29, 1.82) is 0 Å². The highest BCUT2D eigenvalue weighted by molar-refractivity contribution is 7.16. The van der Waals surface area contributed by atoms with Gasteiger partial charge in [-0.2, -0.15) is 0 Å². The van der Waals surface area contributed by atoms with Gasteiger partial charge in [0.15, 0.2) is 5.13 Å². The Labute approximate surface area is 124 Å². The van der Waals surface area contributed by atoms with Crippen molar-refractivity contribution in [2.45, 2.75) is 38.6 Å². The molecule has 0 radical (unpaired) electrons. The molecule has 0 amide bonds. The minimum absolute atomic E-state index is 0.0145. The van der Waals surface area contributed by atoms with Gasteiger partial charge in [0.1, 0.15) is 0 Å². The summed E-state index contributed by atoms with van der Waals surface area (Å²) in [6.07, 6.45) is 5.03. The van der Waals surface area contributed by atoms with Crippen LogP contribution in [-0.2, 0) is 12.8 Å². The Bertz CT molecular complexity index is 616. The van der Waals surface area contributed by atoms with E-state index >= 15 is 0 Å². The number of nitrogens with two attached hydrogens (primary N) is 1. The minimum Gasteiger partial charge on any atom is -0.365 e. The molecule has 0 saturated heterocycles. The fourth-order valence-corrected chi connectivity index (χ4v) is 3.73. The van der Waals surface area contributed by atoms with Crippen LogP contribution in [0.3, 0.4) is 0 Å². The molecule has 3 rings (SSSR count). The molecule has 3 nitrogen and oxygen atoms in total. The second-order valence-electron chi connectivity index (χ2n) is 5.46. The number of benzene rings is 1. The van der Waals surface area contributed by atoms with E-state index in [-0.39, 0.29) is 6.04 Å². The molecule has 20 heavy (non-hydrogen) atoms. The molecule has 1 atom stereocenters. The largest absolute Gasteiger partial charge is 0.365 e. The molecule has 1 unspecified atom stereocenters. The number of hydrogen-bond donors (Lipinski definition) is 2. The minimum atomic E-state index is 0.0145. The highest BCUT2D eigenvalue weighted by atomic mass is 32.1. The lowest BCUT2D eigenvalue weighted by Gasteiger charge is -2.16. The van der Waals surface area contributed by atoms with Crippen molar-refractivity contribution in [1.82, 2.24) is 4.98 Å². The van der Waals surface area contributed by atoms with Crippen molar-refractivity contribution in [3.05, 3.63) is 34.2 Å². The van der Waals surface area contributed by atoms with Gasteiger partial charge in [-0.15, -0.1) is 0 Å². The number of thiazole rings is 1. The molecule has 1 heterocycles. The van der Waals surface area contributed by atoms with E-state index in [0.29, 0.717) is 0 Å². The number of aromatic nitrogens is 1. The average molecular weight is 287 g/mol. The molecule has 0 aliphatic heterocycles. The number of hydrogen-bond acceptors (Lipinski definition) is 4. The van der Waals surface area contributed by atoms with Gasteiger partial charge in [0, 0.05) is 18.7 Å². The molecule has 1 aromatic heterocycles. The van der Waals surface area contributed by atoms with E-state index in [4.69, 9.17) is 10.7 Å². The van der Waals surface area contributed by atoms with Crippen LogP contribution in [0.25, 0.3) is 11.3 Å². The molecule has 106 valence electrons. The first-order chi connectivity index (χ1) is 9.69. The third kappa shape index (κ3) is 2.45. The van der Waals surface area contributed by atoms with Crippen molar-refractivity contribution in [2.24, 2.45) is 5.73 Å². The summed E-state index contributed by atoms with van der Waals surface area (Å²) in [7, 11) is 1.90. The summed E-state index contributed by atoms with van der Waals surface area (Å²) in [5.41, 5.74) is 11.3. The van der Waals surface area contributed by atoms with Gasteiger partial charge in [-0.3, -0.25) is 0 Å². The fraction of sp³-hybridized carbons (Fsp3) is 0.438. The number of fused-ring (bicyclic) bond motifs is 1. The fourth-order valence-electron chi connectivity index (χ4n) is 2.84. The van der Waals surface area contributed by atoms with E-state index in [9.17, 15) is 0 Å². The second-order valence-corrected chi connectivity index (χ2v) is 6.49. The van der Waals surface area contributed by atoms with Crippen LogP contribution in [0, 0.1) is 0 Å². The van der Waals surface area contributed by atoms with Crippen molar-refractivity contribution < 1.29 is 0 Å². The van der Waals surface area contributed by atoms with Crippen molar-refractivity contribution in [3.63, 3.8) is 0 Å². The Morgan fingerprint density at radius 2 is 2.00 bits per heavy atom. The summed E-state index contributed by atoms with van der Waals surface area (Å²) < 4.78 is 0. The predicted octanol–water partition coefficient (Wildman–Crippen LogP) is 3.75. The smallest absolute Gasteiger partial charge is 0.183 e. The van der Waals surface area contributed by atoms with Gasteiger partial charge in [-0.1, -0.05) is 23.5 Å². The van der Waals surface area contributed by atoms with Crippen LogP contribution in [0.2, 0.25) is 0 Å². The molecule has 0 bridgehead atoms. The van der Waals surface area contributed by atoms with Gasteiger partial charge in [-0.25, -0.2) is 4.98 Å². The first-order valence-corrected chi connectivity index (χ1v) is 8.07. The third-order valence-electron chi connectivity index (χ3n) is 3.90. The van der Waals surface area contributed by atoms with E-state index < -0.39 is 0 Å². The molecule has 0 fully saturated rings. The molecular formula is C16H21N3S. The van der Waals surface area contributed by atoms with E-state index in [2.05, 4.69) is 23.5 Å². The maximum atomic E-state index is 6.10. The molecule has 1 aliphatic rings. The summed E-state index contributed by atoms with van der Waals surface area (Å²) in [4.78, 5) is 5.85. The van der Waals surface area contributed by atoms with Crippen molar-refractivity contribution in [3.8, 4) is 11.3 Å². The first kappa shape index (κ1) is 13.6. The molecule has 3 N–H and O–H groups in total. The lowest BCUT2D eigenvalue weighted by atomic mass is 9.89. The van der Waals surface area contributed by atoms with E-state index in [1.807, 2.05) is 14.0 Å². The Balaban J connectivity index is 2.06. The first-order valence-electron chi connectivity index (χ1n) is 7.25. The van der Waals surface area contributed by atoms with Crippen molar-refractivity contribution in [2.75, 3.05) is 12.4 Å². The summed E-state index contributed by atoms with van der Waals surface area (Å²) in [6.45, 7) is 2.02. The Hall–Kier alpha value is -1.39. The Morgan fingerprint density at radius 3 is 2.70 bits per heavy atom. The molecule has 0 saturated carbocycles. The summed E-state index contributed by atoms with van der Waals surface area (Å²) in [6, 6.07) is 6.80. The number of anilines is 1. The topological polar surface area (TPSA) is 50.9 Å². The van der Waals surface area contributed by atoms with Gasteiger partial charge in [0.05, 0.1) is 10.6 Å². The highest BCUT2D eigenvalue weighted by Crippen LogP contribution is 2.36. The molecular weight excluding hydrogens is 266 g/mol. The zero-order chi connectivity index (χ0) is 14.1. The van der Waals surface area contributed by atoms with Gasteiger partial charge in [0.25, 0.3) is 0 Å². The summed E-state index contributed by atoms with van der Waals surface area (Å²) in [5.74, 6) is 0. The maximum absolute atomic E-state index is 6.10.